The van der Waals surface area contributed by atoms with Crippen LogP contribution >= 0.6 is 0 Å². The second kappa shape index (κ2) is 10.1. The number of fused-ring (bicyclic) bond motifs is 2. The highest BCUT2D eigenvalue weighted by molar-refractivity contribution is 5.92. The fourth-order valence-corrected chi connectivity index (χ4v) is 4.24. The van der Waals surface area contributed by atoms with Crippen molar-refractivity contribution in [2.24, 2.45) is 0 Å². The van der Waals surface area contributed by atoms with Gasteiger partial charge in [0.2, 0.25) is 0 Å². The standard InChI is InChI=1S/C23H24F3N7O4/c24-23(25,26)14-37-17-3-1-15(2-4-17)13-36-22(35)31-7-5-16-11-19(29-33(16)10-9-31)21(34)32-8-6-18-20(12-32)28-30-27-18/h1-4,11H,5-10,12-14H2,(H,27,28,30). The Balaban J connectivity index is 1.11. The van der Waals surface area contributed by atoms with E-state index in [0.717, 1.165) is 17.1 Å². The van der Waals surface area contributed by atoms with Crippen molar-refractivity contribution in [1.29, 1.82) is 0 Å². The normalized spacial score (nSPS) is 15.5. The molecule has 3 aromatic rings. The summed E-state index contributed by atoms with van der Waals surface area (Å²) >= 11 is 0. The first-order valence-electron chi connectivity index (χ1n) is 11.7. The number of carbonyl (C=O) groups is 2. The number of nitrogens with one attached hydrogen (secondary N) is 1. The van der Waals surface area contributed by atoms with Crippen LogP contribution in [0, 0.1) is 0 Å². The second-order valence-corrected chi connectivity index (χ2v) is 8.80. The Kier molecular flexibility index (Phi) is 6.72. The Morgan fingerprint density at radius 1 is 1.03 bits per heavy atom. The van der Waals surface area contributed by atoms with Gasteiger partial charge in [-0.1, -0.05) is 17.3 Å². The molecule has 0 atom stereocenters. The zero-order chi connectivity index (χ0) is 26.0. The van der Waals surface area contributed by atoms with Crippen molar-refractivity contribution in [2.75, 3.05) is 26.2 Å². The summed E-state index contributed by atoms with van der Waals surface area (Å²) in [6, 6.07) is 7.64. The summed E-state index contributed by atoms with van der Waals surface area (Å²) in [5, 5.41) is 15.1. The molecule has 1 aromatic carbocycles. The molecule has 4 heterocycles. The van der Waals surface area contributed by atoms with Crippen LogP contribution in [0.4, 0.5) is 18.0 Å². The molecule has 14 heteroatoms. The van der Waals surface area contributed by atoms with E-state index in [-0.39, 0.29) is 18.3 Å². The molecule has 0 aliphatic carbocycles. The maximum Gasteiger partial charge on any atom is 0.422 e. The van der Waals surface area contributed by atoms with Crippen LogP contribution in [0.3, 0.4) is 0 Å². The molecule has 1 N–H and O–H groups in total. The molecule has 0 fully saturated rings. The van der Waals surface area contributed by atoms with Gasteiger partial charge in [0.25, 0.3) is 5.91 Å². The largest absolute Gasteiger partial charge is 0.484 e. The lowest BCUT2D eigenvalue weighted by molar-refractivity contribution is -0.153. The van der Waals surface area contributed by atoms with Gasteiger partial charge in [0.1, 0.15) is 18.1 Å². The molecule has 0 spiro atoms. The molecule has 2 amide bonds. The predicted octanol–water partition coefficient (Wildman–Crippen LogP) is 2.34. The van der Waals surface area contributed by atoms with Crippen LogP contribution in [0.1, 0.15) is 33.1 Å². The molecule has 2 aliphatic heterocycles. The van der Waals surface area contributed by atoms with Gasteiger partial charge >= 0.3 is 12.3 Å². The molecule has 2 aliphatic rings. The quantitative estimate of drug-likeness (QED) is 0.550. The molecule has 0 saturated heterocycles. The molecule has 196 valence electrons. The molecule has 11 nitrogen and oxygen atoms in total. The highest BCUT2D eigenvalue weighted by Gasteiger charge is 2.29. The lowest BCUT2D eigenvalue weighted by atomic mass is 10.1. The molecule has 2 aromatic heterocycles. The summed E-state index contributed by atoms with van der Waals surface area (Å²) in [5.41, 5.74) is 3.55. The third kappa shape index (κ3) is 5.84. The summed E-state index contributed by atoms with van der Waals surface area (Å²) in [4.78, 5) is 28.8. The number of aromatic amines is 1. The average Bonchev–Trinajstić information content (AvgIpc) is 3.47. The van der Waals surface area contributed by atoms with Gasteiger partial charge in [0, 0.05) is 38.2 Å². The minimum atomic E-state index is -4.41. The SMILES string of the molecule is O=C(OCc1ccc(OCC(F)(F)F)cc1)N1CCc2cc(C(=O)N3CCc4[nH]nnc4C3)nn2CC1. The van der Waals surface area contributed by atoms with E-state index in [2.05, 4.69) is 25.2 Å². The van der Waals surface area contributed by atoms with Crippen LogP contribution < -0.4 is 4.74 Å². The van der Waals surface area contributed by atoms with E-state index in [0.29, 0.717) is 56.8 Å². The first kappa shape index (κ1) is 24.6. The molecule has 0 saturated carbocycles. The number of hydrogen-bond acceptors (Lipinski definition) is 7. The third-order valence-corrected chi connectivity index (χ3v) is 6.21. The number of ether oxygens (including phenoxy) is 2. The monoisotopic (exact) mass is 519 g/mol. The Morgan fingerprint density at radius 3 is 2.59 bits per heavy atom. The fourth-order valence-electron chi connectivity index (χ4n) is 4.24. The number of amides is 2. The Hall–Kier alpha value is -4.10. The summed E-state index contributed by atoms with van der Waals surface area (Å²) < 4.78 is 48.6. The van der Waals surface area contributed by atoms with Gasteiger partial charge in [-0.3, -0.25) is 14.6 Å². The highest BCUT2D eigenvalue weighted by Crippen LogP contribution is 2.20. The maximum absolute atomic E-state index is 13.0. The third-order valence-electron chi connectivity index (χ3n) is 6.21. The number of rotatable bonds is 5. The topological polar surface area (TPSA) is 118 Å². The molecule has 0 unspecified atom stereocenters. The van der Waals surface area contributed by atoms with Gasteiger partial charge in [-0.15, -0.1) is 5.10 Å². The fraction of sp³-hybridized carbons (Fsp3) is 0.435. The van der Waals surface area contributed by atoms with Crippen LogP contribution in [0.15, 0.2) is 30.3 Å². The summed E-state index contributed by atoms with van der Waals surface area (Å²) in [6.07, 6.45) is -3.75. The van der Waals surface area contributed by atoms with E-state index in [1.54, 1.807) is 32.7 Å². The Morgan fingerprint density at radius 2 is 1.81 bits per heavy atom. The van der Waals surface area contributed by atoms with Gasteiger partial charge in [-0.25, -0.2) is 4.79 Å². The Bertz CT molecular complexity index is 1250. The van der Waals surface area contributed by atoms with Crippen molar-refractivity contribution in [3.05, 3.63) is 58.7 Å². The van der Waals surface area contributed by atoms with Gasteiger partial charge in [0.15, 0.2) is 12.3 Å². The number of aromatic nitrogens is 5. The first-order chi connectivity index (χ1) is 17.7. The van der Waals surface area contributed by atoms with Crippen LogP contribution in [0.25, 0.3) is 0 Å². The highest BCUT2D eigenvalue weighted by atomic mass is 19.4. The predicted molar refractivity (Wildman–Crippen MR) is 121 cm³/mol. The number of nitrogens with zero attached hydrogens (tertiary/aromatic N) is 6. The summed E-state index contributed by atoms with van der Waals surface area (Å²) in [7, 11) is 0. The van der Waals surface area contributed by atoms with Crippen molar-refractivity contribution in [3.8, 4) is 5.75 Å². The average molecular weight is 519 g/mol. The zero-order valence-electron chi connectivity index (χ0n) is 19.7. The van der Waals surface area contributed by atoms with E-state index < -0.39 is 18.9 Å². The van der Waals surface area contributed by atoms with Crippen molar-refractivity contribution in [2.45, 2.75) is 38.7 Å². The molecule has 5 rings (SSSR count). The molecular weight excluding hydrogens is 495 g/mol. The van der Waals surface area contributed by atoms with E-state index in [4.69, 9.17) is 4.74 Å². The molecule has 0 radical (unpaired) electrons. The van der Waals surface area contributed by atoms with Gasteiger partial charge in [-0.2, -0.15) is 18.3 Å². The van der Waals surface area contributed by atoms with Gasteiger partial charge in [0.05, 0.1) is 18.8 Å². The first-order valence-corrected chi connectivity index (χ1v) is 11.7. The van der Waals surface area contributed by atoms with Crippen LogP contribution in [-0.2, 0) is 37.3 Å². The minimum Gasteiger partial charge on any atom is -0.484 e. The lowest BCUT2D eigenvalue weighted by Crippen LogP contribution is -2.36. The summed E-state index contributed by atoms with van der Waals surface area (Å²) in [5.74, 6) is -0.0873. The summed E-state index contributed by atoms with van der Waals surface area (Å²) in [6.45, 7) is 0.714. The lowest BCUT2D eigenvalue weighted by Gasteiger charge is -2.24. The van der Waals surface area contributed by atoms with Crippen LogP contribution in [0.2, 0.25) is 0 Å². The van der Waals surface area contributed by atoms with E-state index in [1.165, 1.54) is 12.1 Å². The Labute approximate surface area is 209 Å². The smallest absolute Gasteiger partial charge is 0.422 e. The number of benzene rings is 1. The molecule has 0 bridgehead atoms. The van der Waals surface area contributed by atoms with Crippen molar-refractivity contribution < 1.29 is 32.2 Å². The molecular formula is C23H24F3N7O4. The number of carbonyl (C=O) groups excluding carboxylic acids is 2. The van der Waals surface area contributed by atoms with Gasteiger partial charge in [-0.05, 0) is 23.8 Å². The van der Waals surface area contributed by atoms with Crippen LogP contribution in [0.5, 0.6) is 5.75 Å². The van der Waals surface area contributed by atoms with E-state index in [9.17, 15) is 22.8 Å². The molecule has 37 heavy (non-hydrogen) atoms. The van der Waals surface area contributed by atoms with Crippen molar-refractivity contribution in [3.63, 3.8) is 0 Å². The van der Waals surface area contributed by atoms with E-state index >= 15 is 0 Å². The minimum absolute atomic E-state index is 0.0266. The number of H-pyrrole nitrogens is 1. The van der Waals surface area contributed by atoms with Crippen molar-refractivity contribution in [1.82, 2.24) is 35.0 Å². The number of hydrogen-bond donors (Lipinski definition) is 1. The van der Waals surface area contributed by atoms with Crippen LogP contribution in [-0.4, -0.2) is 79.4 Å². The zero-order valence-corrected chi connectivity index (χ0v) is 19.7. The van der Waals surface area contributed by atoms with Gasteiger partial charge < -0.3 is 19.3 Å². The number of alkyl halides is 3. The number of halogens is 3. The second-order valence-electron chi connectivity index (χ2n) is 8.80. The van der Waals surface area contributed by atoms with E-state index in [1.807, 2.05) is 0 Å². The van der Waals surface area contributed by atoms with Crippen molar-refractivity contribution >= 4 is 12.0 Å². The maximum atomic E-state index is 13.0.